The molecule has 1 aromatic carbocycles. The lowest BCUT2D eigenvalue weighted by Crippen LogP contribution is -2.41. The lowest BCUT2D eigenvalue weighted by atomic mass is 9.89. The quantitative estimate of drug-likeness (QED) is 0.828. The molecule has 0 aliphatic carbocycles. The first-order chi connectivity index (χ1) is 9.94. The maximum Gasteiger partial charge on any atom is 0.228 e. The number of rotatable bonds is 2. The molecule has 0 saturated carbocycles. The van der Waals surface area contributed by atoms with Gasteiger partial charge in [-0.15, -0.1) is 0 Å². The van der Waals surface area contributed by atoms with E-state index in [4.69, 9.17) is 0 Å². The molecule has 1 fully saturated rings. The van der Waals surface area contributed by atoms with Gasteiger partial charge in [-0.25, -0.2) is 8.42 Å². The molecule has 2 heterocycles. The van der Waals surface area contributed by atoms with Crippen molar-refractivity contribution in [2.24, 2.45) is 0 Å². The van der Waals surface area contributed by atoms with Crippen molar-refractivity contribution >= 4 is 27.3 Å². The fraction of sp³-hybridized carbons (Fsp3) is 0.429. The molecule has 3 rings (SSSR count). The Bertz CT molecular complexity index is 699. The zero-order valence-corrected chi connectivity index (χ0v) is 12.2. The van der Waals surface area contributed by atoms with Crippen LogP contribution in [0.25, 0.3) is 0 Å². The minimum Gasteiger partial charge on any atom is -0.352 e. The molecule has 2 amide bonds. The lowest BCUT2D eigenvalue weighted by Gasteiger charge is -2.25. The number of fused-ring (bicyclic) bond motifs is 1. The number of benzene rings is 1. The molecule has 0 spiro atoms. The molecule has 21 heavy (non-hydrogen) atoms. The van der Waals surface area contributed by atoms with Gasteiger partial charge in [0, 0.05) is 18.2 Å². The summed E-state index contributed by atoms with van der Waals surface area (Å²) in [5.74, 6) is -0.940. The summed E-state index contributed by atoms with van der Waals surface area (Å²) >= 11 is 0. The maximum atomic E-state index is 12.4. The number of para-hydroxylation sites is 1. The van der Waals surface area contributed by atoms with Crippen LogP contribution in [-0.4, -0.2) is 37.8 Å². The van der Waals surface area contributed by atoms with Gasteiger partial charge in [-0.1, -0.05) is 18.2 Å². The van der Waals surface area contributed by atoms with Gasteiger partial charge < -0.3 is 10.6 Å². The van der Waals surface area contributed by atoms with E-state index in [1.165, 1.54) is 0 Å². The second-order valence-electron chi connectivity index (χ2n) is 5.50. The molecule has 0 bridgehead atoms. The Labute approximate surface area is 122 Å². The molecule has 2 atom stereocenters. The van der Waals surface area contributed by atoms with Crippen LogP contribution >= 0.6 is 0 Å². The highest BCUT2D eigenvalue weighted by Gasteiger charge is 2.34. The Morgan fingerprint density at radius 3 is 2.76 bits per heavy atom. The van der Waals surface area contributed by atoms with Crippen LogP contribution in [0.2, 0.25) is 0 Å². The van der Waals surface area contributed by atoms with Gasteiger partial charge in [-0.2, -0.15) is 0 Å². The normalized spacial score (nSPS) is 26.8. The first kappa shape index (κ1) is 14.1. The smallest absolute Gasteiger partial charge is 0.228 e. The molecule has 2 N–H and O–H groups in total. The standard InChI is InChI=1S/C14H16N2O4S/c17-13-7-11(10-3-1-2-4-12(10)16-13)14(18)15-9-5-6-21(19,20)8-9/h1-4,9,11H,5-8H2,(H,15,18)(H,16,17)/t9-,11-/m1/s1. The second kappa shape index (κ2) is 5.14. The summed E-state index contributed by atoms with van der Waals surface area (Å²) < 4.78 is 22.9. The molecule has 112 valence electrons. The van der Waals surface area contributed by atoms with E-state index in [2.05, 4.69) is 10.6 Å². The van der Waals surface area contributed by atoms with E-state index in [-0.39, 0.29) is 35.8 Å². The van der Waals surface area contributed by atoms with E-state index in [9.17, 15) is 18.0 Å². The van der Waals surface area contributed by atoms with Gasteiger partial charge in [0.15, 0.2) is 9.84 Å². The first-order valence-corrected chi connectivity index (χ1v) is 8.66. The molecule has 1 aromatic rings. The summed E-state index contributed by atoms with van der Waals surface area (Å²) in [6, 6.07) is 6.83. The third-order valence-electron chi connectivity index (χ3n) is 3.90. The monoisotopic (exact) mass is 308 g/mol. The lowest BCUT2D eigenvalue weighted by molar-refractivity contribution is -0.126. The van der Waals surface area contributed by atoms with Crippen molar-refractivity contribution < 1.29 is 18.0 Å². The maximum absolute atomic E-state index is 12.4. The molecule has 1 saturated heterocycles. The fourth-order valence-corrected chi connectivity index (χ4v) is 4.53. The van der Waals surface area contributed by atoms with Gasteiger partial charge in [0.25, 0.3) is 0 Å². The van der Waals surface area contributed by atoms with Crippen LogP contribution in [0.3, 0.4) is 0 Å². The van der Waals surface area contributed by atoms with E-state index in [1.54, 1.807) is 12.1 Å². The van der Waals surface area contributed by atoms with Crippen LogP contribution in [0.15, 0.2) is 24.3 Å². The van der Waals surface area contributed by atoms with Crippen LogP contribution in [0.4, 0.5) is 5.69 Å². The highest BCUT2D eigenvalue weighted by atomic mass is 32.2. The molecular weight excluding hydrogens is 292 g/mol. The third kappa shape index (κ3) is 2.92. The van der Waals surface area contributed by atoms with E-state index in [1.807, 2.05) is 12.1 Å². The van der Waals surface area contributed by atoms with Gasteiger partial charge in [0.1, 0.15) is 0 Å². The fourth-order valence-electron chi connectivity index (χ4n) is 2.86. The number of carbonyl (C=O) groups excluding carboxylic acids is 2. The van der Waals surface area contributed by atoms with Gasteiger partial charge >= 0.3 is 0 Å². The summed E-state index contributed by atoms with van der Waals surface area (Å²) in [6.07, 6.45) is 0.525. The van der Waals surface area contributed by atoms with Crippen molar-refractivity contribution in [3.05, 3.63) is 29.8 Å². The third-order valence-corrected chi connectivity index (χ3v) is 5.66. The van der Waals surface area contributed by atoms with E-state index in [0.29, 0.717) is 12.1 Å². The Kier molecular flexibility index (Phi) is 3.44. The van der Waals surface area contributed by atoms with Gasteiger partial charge in [0.05, 0.1) is 17.4 Å². The highest BCUT2D eigenvalue weighted by molar-refractivity contribution is 7.91. The van der Waals surface area contributed by atoms with Crippen molar-refractivity contribution in [2.45, 2.75) is 24.8 Å². The second-order valence-corrected chi connectivity index (χ2v) is 7.73. The number of sulfone groups is 1. The summed E-state index contributed by atoms with van der Waals surface area (Å²) in [5, 5.41) is 5.50. The Morgan fingerprint density at radius 2 is 2.05 bits per heavy atom. The van der Waals surface area contributed by atoms with Crippen molar-refractivity contribution in [2.75, 3.05) is 16.8 Å². The number of amides is 2. The van der Waals surface area contributed by atoms with E-state index >= 15 is 0 Å². The number of hydrogen-bond acceptors (Lipinski definition) is 4. The minimum absolute atomic E-state index is 0.0146. The largest absolute Gasteiger partial charge is 0.352 e. The molecule has 0 radical (unpaired) electrons. The van der Waals surface area contributed by atoms with E-state index < -0.39 is 15.8 Å². The molecular formula is C14H16N2O4S. The van der Waals surface area contributed by atoms with Crippen molar-refractivity contribution in [3.8, 4) is 0 Å². The zero-order chi connectivity index (χ0) is 15.0. The summed E-state index contributed by atoms with van der Waals surface area (Å²) in [4.78, 5) is 24.1. The topological polar surface area (TPSA) is 92.3 Å². The average molecular weight is 308 g/mol. The summed E-state index contributed by atoms with van der Waals surface area (Å²) in [5.41, 5.74) is 1.42. The molecule has 7 heteroatoms. The highest BCUT2D eigenvalue weighted by Crippen LogP contribution is 2.32. The van der Waals surface area contributed by atoms with E-state index in [0.717, 1.165) is 5.56 Å². The van der Waals surface area contributed by atoms with Crippen molar-refractivity contribution in [3.63, 3.8) is 0 Å². The SMILES string of the molecule is O=C1C[C@@H](C(=O)N[C@@H]2CCS(=O)(=O)C2)c2ccccc2N1. The molecule has 0 aromatic heterocycles. The van der Waals surface area contributed by atoms with Crippen molar-refractivity contribution in [1.82, 2.24) is 5.32 Å². The van der Waals surface area contributed by atoms with Gasteiger partial charge in [-0.3, -0.25) is 9.59 Å². The predicted octanol–water partition coefficient (Wildman–Crippen LogP) is 0.416. The Morgan fingerprint density at radius 1 is 1.29 bits per heavy atom. The summed E-state index contributed by atoms with van der Waals surface area (Å²) in [6.45, 7) is 0. The Hall–Kier alpha value is -1.89. The number of nitrogens with one attached hydrogen (secondary N) is 2. The summed E-state index contributed by atoms with van der Waals surface area (Å²) in [7, 11) is -3.04. The number of carbonyl (C=O) groups is 2. The zero-order valence-electron chi connectivity index (χ0n) is 11.3. The molecule has 2 aliphatic heterocycles. The van der Waals surface area contributed by atoms with Gasteiger partial charge in [-0.05, 0) is 18.1 Å². The van der Waals surface area contributed by atoms with Gasteiger partial charge in [0.2, 0.25) is 11.8 Å². The van der Waals surface area contributed by atoms with Crippen LogP contribution < -0.4 is 10.6 Å². The van der Waals surface area contributed by atoms with Crippen LogP contribution in [0, 0.1) is 0 Å². The minimum atomic E-state index is -3.04. The molecule has 0 unspecified atom stereocenters. The number of anilines is 1. The average Bonchev–Trinajstić information content (AvgIpc) is 2.76. The van der Waals surface area contributed by atoms with Crippen molar-refractivity contribution in [1.29, 1.82) is 0 Å². The van der Waals surface area contributed by atoms with Crippen LogP contribution in [-0.2, 0) is 19.4 Å². The van der Waals surface area contributed by atoms with Crippen LogP contribution in [0.5, 0.6) is 0 Å². The van der Waals surface area contributed by atoms with Crippen LogP contribution in [0.1, 0.15) is 24.3 Å². The Balaban J connectivity index is 1.78. The number of hydrogen-bond donors (Lipinski definition) is 2. The molecule has 6 nitrogen and oxygen atoms in total. The first-order valence-electron chi connectivity index (χ1n) is 6.84. The predicted molar refractivity (Wildman–Crippen MR) is 77.6 cm³/mol. The molecule has 2 aliphatic rings.